The molecule has 1 aliphatic carbocycles. The van der Waals surface area contributed by atoms with Crippen LogP contribution in [0.25, 0.3) is 0 Å². The van der Waals surface area contributed by atoms with E-state index in [2.05, 4.69) is 68.6 Å². The third kappa shape index (κ3) is 2.89. The summed E-state index contributed by atoms with van der Waals surface area (Å²) in [4.78, 5) is 0. The summed E-state index contributed by atoms with van der Waals surface area (Å²) >= 11 is 0. The smallest absolute Gasteiger partial charge is 0.0357 e. The summed E-state index contributed by atoms with van der Waals surface area (Å²) in [5, 5.41) is 3.70. The minimum Gasteiger partial charge on any atom is -0.310 e. The first-order chi connectivity index (χ1) is 10.2. The molecule has 1 aliphatic rings. The van der Waals surface area contributed by atoms with Gasteiger partial charge in [-0.2, -0.15) is 0 Å². The number of hydrogen-bond acceptors (Lipinski definition) is 1. The largest absolute Gasteiger partial charge is 0.310 e. The first-order valence-electron chi connectivity index (χ1n) is 8.06. The lowest BCUT2D eigenvalue weighted by atomic mass is 9.91. The summed E-state index contributed by atoms with van der Waals surface area (Å²) in [6.45, 7) is 7.63. The Balaban J connectivity index is 1.83. The maximum atomic E-state index is 3.70. The maximum Gasteiger partial charge on any atom is 0.0357 e. The normalized spacial score (nSPS) is 20.5. The number of nitrogens with one attached hydrogen (secondary N) is 1. The molecule has 2 aromatic rings. The first-order valence-corrected chi connectivity index (χ1v) is 8.06. The molecule has 3 rings (SSSR count). The molecule has 0 saturated heterocycles. The fraction of sp³-hybridized carbons (Fsp3) is 0.400. The third-order valence-electron chi connectivity index (χ3n) is 4.84. The predicted molar refractivity (Wildman–Crippen MR) is 89.7 cm³/mol. The highest BCUT2D eigenvalue weighted by molar-refractivity contribution is 5.37. The van der Waals surface area contributed by atoms with Gasteiger partial charge in [0.2, 0.25) is 0 Å². The fourth-order valence-electron chi connectivity index (χ4n) is 3.60. The second-order valence-electron chi connectivity index (χ2n) is 6.32. The van der Waals surface area contributed by atoms with E-state index in [1.54, 1.807) is 0 Å². The molecule has 0 heterocycles. The molecule has 2 atom stereocenters. The van der Waals surface area contributed by atoms with Crippen LogP contribution in [0, 0.1) is 19.8 Å². The van der Waals surface area contributed by atoms with Crippen LogP contribution in [0.2, 0.25) is 0 Å². The molecule has 2 aromatic carbocycles. The summed E-state index contributed by atoms with van der Waals surface area (Å²) in [7, 11) is 0. The summed E-state index contributed by atoms with van der Waals surface area (Å²) in [5.41, 5.74) is 7.30. The predicted octanol–water partition coefficient (Wildman–Crippen LogP) is 4.37. The highest BCUT2D eigenvalue weighted by Crippen LogP contribution is 2.37. The standard InChI is InChI=1S/C20H25N/c1-4-21-20-18(13-17-7-5-6-8-19(17)20)12-16-10-9-14(2)15(3)11-16/h5-11,18,20-21H,4,12-13H2,1-3H3. The lowest BCUT2D eigenvalue weighted by molar-refractivity contribution is 0.394. The molecule has 0 aromatic heterocycles. The van der Waals surface area contributed by atoms with E-state index in [1.807, 2.05) is 0 Å². The van der Waals surface area contributed by atoms with Crippen LogP contribution < -0.4 is 5.32 Å². The highest BCUT2D eigenvalue weighted by atomic mass is 14.9. The minimum absolute atomic E-state index is 0.507. The van der Waals surface area contributed by atoms with E-state index in [0.717, 1.165) is 13.0 Å². The molecule has 21 heavy (non-hydrogen) atoms. The van der Waals surface area contributed by atoms with Crippen LogP contribution in [0.3, 0.4) is 0 Å². The van der Waals surface area contributed by atoms with Crippen molar-refractivity contribution >= 4 is 0 Å². The van der Waals surface area contributed by atoms with Crippen LogP contribution in [0.4, 0.5) is 0 Å². The zero-order chi connectivity index (χ0) is 14.8. The van der Waals surface area contributed by atoms with E-state index in [4.69, 9.17) is 0 Å². The van der Waals surface area contributed by atoms with Crippen molar-refractivity contribution < 1.29 is 0 Å². The summed E-state index contributed by atoms with van der Waals surface area (Å²) < 4.78 is 0. The number of rotatable bonds is 4. The monoisotopic (exact) mass is 279 g/mol. The summed E-state index contributed by atoms with van der Waals surface area (Å²) in [5.74, 6) is 0.671. The molecule has 0 aliphatic heterocycles. The Morgan fingerprint density at radius 2 is 1.86 bits per heavy atom. The summed E-state index contributed by atoms with van der Waals surface area (Å²) in [6, 6.07) is 16.4. The van der Waals surface area contributed by atoms with Crippen LogP contribution in [0.1, 0.15) is 40.8 Å². The van der Waals surface area contributed by atoms with E-state index in [1.165, 1.54) is 34.2 Å². The minimum atomic E-state index is 0.507. The van der Waals surface area contributed by atoms with Gasteiger partial charge in [-0.15, -0.1) is 0 Å². The van der Waals surface area contributed by atoms with E-state index in [0.29, 0.717) is 12.0 Å². The van der Waals surface area contributed by atoms with Crippen molar-refractivity contribution in [3.8, 4) is 0 Å². The Hall–Kier alpha value is -1.60. The van der Waals surface area contributed by atoms with Crippen LogP contribution in [-0.4, -0.2) is 6.54 Å². The molecule has 0 radical (unpaired) electrons. The zero-order valence-electron chi connectivity index (χ0n) is 13.3. The van der Waals surface area contributed by atoms with Gasteiger partial charge >= 0.3 is 0 Å². The van der Waals surface area contributed by atoms with Crippen molar-refractivity contribution in [2.24, 2.45) is 5.92 Å². The van der Waals surface area contributed by atoms with Crippen LogP contribution in [-0.2, 0) is 12.8 Å². The first kappa shape index (κ1) is 14.3. The van der Waals surface area contributed by atoms with E-state index in [-0.39, 0.29) is 0 Å². The molecular weight excluding hydrogens is 254 g/mol. The van der Waals surface area contributed by atoms with Crippen molar-refractivity contribution in [3.63, 3.8) is 0 Å². The zero-order valence-corrected chi connectivity index (χ0v) is 13.3. The Morgan fingerprint density at radius 3 is 2.62 bits per heavy atom. The van der Waals surface area contributed by atoms with Crippen molar-refractivity contribution in [2.75, 3.05) is 6.54 Å². The second-order valence-corrected chi connectivity index (χ2v) is 6.32. The van der Waals surface area contributed by atoms with Gasteiger partial charge in [0.1, 0.15) is 0 Å². The van der Waals surface area contributed by atoms with Gasteiger partial charge in [0.15, 0.2) is 0 Å². The van der Waals surface area contributed by atoms with E-state index in [9.17, 15) is 0 Å². The Kier molecular flexibility index (Phi) is 4.12. The maximum absolute atomic E-state index is 3.70. The average Bonchev–Trinajstić information content (AvgIpc) is 2.81. The third-order valence-corrected chi connectivity index (χ3v) is 4.84. The van der Waals surface area contributed by atoms with Crippen molar-refractivity contribution in [1.82, 2.24) is 5.32 Å². The lowest BCUT2D eigenvalue weighted by Crippen LogP contribution is -2.26. The van der Waals surface area contributed by atoms with E-state index < -0.39 is 0 Å². The molecular formula is C20H25N. The Labute approximate surface area is 128 Å². The highest BCUT2D eigenvalue weighted by Gasteiger charge is 2.31. The van der Waals surface area contributed by atoms with Crippen LogP contribution in [0.15, 0.2) is 42.5 Å². The Bertz CT molecular complexity index is 629. The average molecular weight is 279 g/mol. The molecule has 2 unspecified atom stereocenters. The molecule has 0 amide bonds. The molecule has 0 bridgehead atoms. The quantitative estimate of drug-likeness (QED) is 0.876. The Morgan fingerprint density at radius 1 is 1.05 bits per heavy atom. The van der Waals surface area contributed by atoms with Gasteiger partial charge in [-0.3, -0.25) is 0 Å². The molecule has 1 heteroatoms. The number of aryl methyl sites for hydroxylation is 2. The summed E-state index contributed by atoms with van der Waals surface area (Å²) in [6.07, 6.45) is 2.36. The van der Waals surface area contributed by atoms with Crippen molar-refractivity contribution in [2.45, 2.75) is 39.7 Å². The van der Waals surface area contributed by atoms with Gasteiger partial charge in [-0.05, 0) is 67.0 Å². The number of hydrogen-bond donors (Lipinski definition) is 1. The van der Waals surface area contributed by atoms with Gasteiger partial charge in [0, 0.05) is 6.04 Å². The topological polar surface area (TPSA) is 12.0 Å². The fourth-order valence-corrected chi connectivity index (χ4v) is 3.60. The number of fused-ring (bicyclic) bond motifs is 1. The van der Waals surface area contributed by atoms with Gasteiger partial charge in [0.25, 0.3) is 0 Å². The number of benzene rings is 2. The van der Waals surface area contributed by atoms with Gasteiger partial charge in [-0.25, -0.2) is 0 Å². The van der Waals surface area contributed by atoms with E-state index >= 15 is 0 Å². The molecule has 0 spiro atoms. The second kappa shape index (κ2) is 6.03. The van der Waals surface area contributed by atoms with Gasteiger partial charge in [0.05, 0.1) is 0 Å². The van der Waals surface area contributed by atoms with Gasteiger partial charge < -0.3 is 5.32 Å². The molecule has 0 fully saturated rings. The van der Waals surface area contributed by atoms with Gasteiger partial charge in [-0.1, -0.05) is 49.4 Å². The molecule has 0 saturated carbocycles. The lowest BCUT2D eigenvalue weighted by Gasteiger charge is -2.22. The molecule has 1 N–H and O–H groups in total. The molecule has 1 nitrogen and oxygen atoms in total. The van der Waals surface area contributed by atoms with Crippen LogP contribution in [0.5, 0.6) is 0 Å². The van der Waals surface area contributed by atoms with Crippen LogP contribution >= 0.6 is 0 Å². The molecule has 110 valence electrons. The van der Waals surface area contributed by atoms with Crippen molar-refractivity contribution in [3.05, 3.63) is 70.3 Å². The van der Waals surface area contributed by atoms with Crippen molar-refractivity contribution in [1.29, 1.82) is 0 Å². The SMILES string of the molecule is CCNC1c2ccccc2CC1Cc1ccc(C)c(C)c1.